The monoisotopic (exact) mass is 731 g/mol. The largest absolute Gasteiger partial charge is 0.392 e. The SMILES string of the molecule is C=C1C2CC3OC(C[C@H](O)CN)[C@H](OC)[C@H]3CC(=O)C[C@H]3CC[C@@H]4O[C@@H]5C[C@@H](O[C@@]6(CCC7CC(=C)[C@H](CCC(C[C@H]1C)O2)O7)C[C@@H](O)[C@@H]5O6)[C@H]4O3. The Labute approximate surface area is 308 Å². The van der Waals surface area contributed by atoms with E-state index >= 15 is 0 Å². The number of rotatable bonds is 4. The summed E-state index contributed by atoms with van der Waals surface area (Å²) < 4.78 is 52.9. The standard InChI is InChI=1S/C40H61NO11/c1-20-11-25-5-7-30-21(2)12-27(46-30)9-10-40-18-29(44)38(52-40)35-17-36(51-40)39-31(49-35)8-6-26(48-39)13-23(42)14-28-33(16-32(47-25)22(20)3)50-34(37(28)45-4)15-24(43)19-41/h20,24-39,43-44H,2-3,5-19,41H2,1,4H3/t20-,24+,25?,26-,27?,28+,29-,30+,31+,32?,33?,34?,35-,36-,37-,38+,39+,40-/m1/s1. The second kappa shape index (κ2) is 15.3. The zero-order valence-corrected chi connectivity index (χ0v) is 31.0. The van der Waals surface area contributed by atoms with Gasteiger partial charge in [0.15, 0.2) is 5.79 Å². The van der Waals surface area contributed by atoms with Crippen molar-refractivity contribution in [2.75, 3.05) is 13.7 Å². The number of nitrogens with two attached hydrogens (primary N) is 1. The Morgan fingerprint density at radius 3 is 2.44 bits per heavy atom. The number of carbonyl (C=O) groups excluding carboxylic acids is 1. The maximum atomic E-state index is 14.0. The van der Waals surface area contributed by atoms with Crippen molar-refractivity contribution in [1.82, 2.24) is 0 Å². The molecule has 1 spiro atoms. The summed E-state index contributed by atoms with van der Waals surface area (Å²) >= 11 is 0. The summed E-state index contributed by atoms with van der Waals surface area (Å²) in [7, 11) is 1.65. The van der Waals surface area contributed by atoms with Crippen LogP contribution in [-0.2, 0) is 42.7 Å². The Hall–Kier alpha value is -1.29. The molecule has 8 heterocycles. The van der Waals surface area contributed by atoms with Crippen molar-refractivity contribution < 1.29 is 52.9 Å². The lowest BCUT2D eigenvalue weighted by Crippen LogP contribution is -2.58. The quantitative estimate of drug-likeness (QED) is 0.363. The molecule has 5 unspecified atom stereocenters. The molecule has 18 atom stereocenters. The van der Waals surface area contributed by atoms with E-state index in [-0.39, 0.29) is 104 Å². The lowest BCUT2D eigenvalue weighted by Gasteiger charge is -2.47. The Morgan fingerprint density at radius 1 is 0.846 bits per heavy atom. The number of fused-ring (bicyclic) bond motifs is 9. The van der Waals surface area contributed by atoms with Crippen LogP contribution in [0.25, 0.3) is 0 Å². The van der Waals surface area contributed by atoms with Crippen LogP contribution in [0.4, 0.5) is 0 Å². The van der Waals surface area contributed by atoms with Gasteiger partial charge in [-0.05, 0) is 62.0 Å². The van der Waals surface area contributed by atoms with Gasteiger partial charge in [0.1, 0.15) is 18.0 Å². The third-order valence-electron chi connectivity index (χ3n) is 13.6. The zero-order valence-electron chi connectivity index (χ0n) is 31.0. The second-order valence-corrected chi connectivity index (χ2v) is 17.2. The normalized spacial score (nSPS) is 50.4. The minimum absolute atomic E-state index is 0.00397. The third-order valence-corrected chi connectivity index (χ3v) is 13.6. The van der Waals surface area contributed by atoms with Crippen LogP contribution in [-0.4, -0.2) is 127 Å². The van der Waals surface area contributed by atoms with Gasteiger partial charge in [-0.3, -0.25) is 4.79 Å². The molecule has 8 aliphatic heterocycles. The Bertz CT molecular complexity index is 1330. The topological polar surface area (TPSA) is 157 Å². The highest BCUT2D eigenvalue weighted by molar-refractivity contribution is 5.79. The van der Waals surface area contributed by atoms with Gasteiger partial charge in [-0.2, -0.15) is 0 Å². The summed E-state index contributed by atoms with van der Waals surface area (Å²) in [5.41, 5.74) is 7.96. The minimum atomic E-state index is -0.947. The predicted molar refractivity (Wildman–Crippen MR) is 188 cm³/mol. The van der Waals surface area contributed by atoms with E-state index in [0.29, 0.717) is 38.5 Å². The van der Waals surface area contributed by atoms with Crippen LogP contribution in [0.15, 0.2) is 24.3 Å². The molecule has 0 aliphatic carbocycles. The van der Waals surface area contributed by atoms with Crippen LogP contribution in [0.3, 0.4) is 0 Å². The number of carbonyl (C=O) groups is 1. The first-order chi connectivity index (χ1) is 25.0. The van der Waals surface area contributed by atoms with E-state index in [1.807, 2.05) is 0 Å². The molecule has 12 heteroatoms. The van der Waals surface area contributed by atoms with Gasteiger partial charge >= 0.3 is 0 Å². The average Bonchev–Trinajstić information content (AvgIpc) is 3.72. The van der Waals surface area contributed by atoms with Crippen LogP contribution < -0.4 is 5.73 Å². The lowest BCUT2D eigenvalue weighted by atomic mass is 9.81. The Kier molecular flexibility index (Phi) is 11.1. The van der Waals surface area contributed by atoms with Gasteiger partial charge in [0.2, 0.25) is 0 Å². The molecule has 12 nitrogen and oxygen atoms in total. The molecule has 0 saturated carbocycles. The number of Topliss-reactive ketones (excluding diaryl/α,β-unsaturated/α-hetero) is 1. The van der Waals surface area contributed by atoms with E-state index < -0.39 is 30.2 Å². The van der Waals surface area contributed by atoms with Gasteiger partial charge in [0, 0.05) is 64.5 Å². The van der Waals surface area contributed by atoms with Crippen LogP contribution in [0.1, 0.15) is 96.8 Å². The Balaban J connectivity index is 1.06. The zero-order chi connectivity index (χ0) is 36.3. The van der Waals surface area contributed by atoms with Gasteiger partial charge in [-0.25, -0.2) is 0 Å². The number of hydrogen-bond acceptors (Lipinski definition) is 12. The fraction of sp³-hybridized carbons (Fsp3) is 0.875. The second-order valence-electron chi connectivity index (χ2n) is 17.2. The molecule has 0 amide bonds. The Morgan fingerprint density at radius 2 is 1.63 bits per heavy atom. The first kappa shape index (κ1) is 37.6. The summed E-state index contributed by atoms with van der Waals surface area (Å²) in [6.07, 6.45) is 3.90. The molecule has 0 aromatic carbocycles. The molecule has 4 N–H and O–H groups in total. The fourth-order valence-electron chi connectivity index (χ4n) is 10.8. The number of ketones is 1. The predicted octanol–water partition coefficient (Wildman–Crippen LogP) is 3.42. The van der Waals surface area contributed by atoms with Crippen molar-refractivity contribution >= 4 is 5.78 Å². The van der Waals surface area contributed by atoms with Crippen molar-refractivity contribution in [2.24, 2.45) is 17.6 Å². The molecule has 8 fully saturated rings. The van der Waals surface area contributed by atoms with E-state index in [9.17, 15) is 15.0 Å². The molecule has 8 aliphatic rings. The van der Waals surface area contributed by atoms with E-state index in [0.717, 1.165) is 49.7 Å². The highest BCUT2D eigenvalue weighted by Crippen LogP contribution is 2.49. The minimum Gasteiger partial charge on any atom is -0.392 e. The fourth-order valence-corrected chi connectivity index (χ4v) is 10.8. The van der Waals surface area contributed by atoms with Crippen molar-refractivity contribution in [1.29, 1.82) is 0 Å². The maximum absolute atomic E-state index is 14.0. The summed E-state index contributed by atoms with van der Waals surface area (Å²) in [5, 5.41) is 21.7. The average molecular weight is 732 g/mol. The molecular formula is C40H61NO11. The van der Waals surface area contributed by atoms with Gasteiger partial charge in [0.25, 0.3) is 0 Å². The molecule has 8 rings (SSSR count). The first-order valence-corrected chi connectivity index (χ1v) is 20.1. The van der Waals surface area contributed by atoms with Gasteiger partial charge in [-0.1, -0.05) is 20.1 Å². The number of ether oxygens (including phenoxy) is 8. The molecule has 292 valence electrons. The highest BCUT2D eigenvalue weighted by Gasteiger charge is 2.59. The summed E-state index contributed by atoms with van der Waals surface area (Å²) in [6, 6.07) is 0. The van der Waals surface area contributed by atoms with Crippen molar-refractivity contribution in [3.05, 3.63) is 24.3 Å². The molecule has 0 radical (unpaired) electrons. The summed E-state index contributed by atoms with van der Waals surface area (Å²) in [6.45, 7) is 11.2. The number of aliphatic hydroxyl groups excluding tert-OH is 2. The third kappa shape index (κ3) is 7.48. The van der Waals surface area contributed by atoms with Crippen LogP contribution in [0.5, 0.6) is 0 Å². The first-order valence-electron chi connectivity index (χ1n) is 20.1. The van der Waals surface area contributed by atoms with E-state index in [1.54, 1.807) is 7.11 Å². The van der Waals surface area contributed by atoms with Gasteiger partial charge < -0.3 is 53.8 Å². The van der Waals surface area contributed by atoms with Crippen molar-refractivity contribution in [2.45, 2.75) is 194 Å². The van der Waals surface area contributed by atoms with E-state index in [4.69, 9.17) is 43.6 Å². The van der Waals surface area contributed by atoms with Crippen molar-refractivity contribution in [3.8, 4) is 0 Å². The molecule has 0 aromatic heterocycles. The van der Waals surface area contributed by atoms with E-state index in [2.05, 4.69) is 20.1 Å². The lowest BCUT2D eigenvalue weighted by molar-refractivity contribution is -0.277. The maximum Gasteiger partial charge on any atom is 0.172 e. The van der Waals surface area contributed by atoms with Crippen molar-refractivity contribution in [3.63, 3.8) is 0 Å². The summed E-state index contributed by atoms with van der Waals surface area (Å²) in [5.74, 6) is -0.819. The molecule has 0 aromatic rings. The van der Waals surface area contributed by atoms with E-state index in [1.165, 1.54) is 0 Å². The van der Waals surface area contributed by atoms with Crippen LogP contribution in [0, 0.1) is 11.8 Å². The summed E-state index contributed by atoms with van der Waals surface area (Å²) in [4.78, 5) is 14.0. The number of aliphatic hydroxyl groups is 2. The molecule has 10 bridgehead atoms. The molecule has 8 saturated heterocycles. The van der Waals surface area contributed by atoms with Gasteiger partial charge in [-0.15, -0.1) is 0 Å². The number of hydrogen-bond donors (Lipinski definition) is 3. The number of methoxy groups -OCH3 is 1. The van der Waals surface area contributed by atoms with Crippen LogP contribution in [0.2, 0.25) is 0 Å². The van der Waals surface area contributed by atoms with Crippen LogP contribution >= 0.6 is 0 Å². The smallest absolute Gasteiger partial charge is 0.172 e. The molecule has 52 heavy (non-hydrogen) atoms. The van der Waals surface area contributed by atoms with Gasteiger partial charge in [0.05, 0.1) is 79.4 Å². The highest BCUT2D eigenvalue weighted by atomic mass is 16.7. The molecular weight excluding hydrogens is 670 g/mol.